The highest BCUT2D eigenvalue weighted by molar-refractivity contribution is 9.11. The van der Waals surface area contributed by atoms with Crippen LogP contribution in [-0.4, -0.2) is 17.3 Å². The van der Waals surface area contributed by atoms with E-state index in [0.717, 1.165) is 9.60 Å². The van der Waals surface area contributed by atoms with Gasteiger partial charge in [-0.2, -0.15) is 0 Å². The number of anilines is 2. The fourth-order valence-corrected chi connectivity index (χ4v) is 2.41. The third-order valence-electron chi connectivity index (χ3n) is 1.80. The van der Waals surface area contributed by atoms with Crippen LogP contribution in [0.15, 0.2) is 22.1 Å². The van der Waals surface area contributed by atoms with Gasteiger partial charge in [-0.05, 0) is 34.1 Å². The molecule has 1 N–H and O–H groups in total. The minimum absolute atomic E-state index is 0.552. The van der Waals surface area contributed by atoms with Crippen molar-refractivity contribution in [3.63, 3.8) is 0 Å². The molecular weight excluding hydrogens is 314 g/mol. The summed E-state index contributed by atoms with van der Waals surface area (Å²) in [6.45, 7) is 0. The zero-order chi connectivity index (χ0) is 11.5. The van der Waals surface area contributed by atoms with Gasteiger partial charge in [-0.1, -0.05) is 22.9 Å². The van der Waals surface area contributed by atoms with Crippen LogP contribution < -0.4 is 10.1 Å². The zero-order valence-corrected chi connectivity index (χ0v) is 11.4. The number of hydrogen-bond acceptors (Lipinski definition) is 5. The molecule has 1 heterocycles. The van der Waals surface area contributed by atoms with Gasteiger partial charge >= 0.3 is 0 Å². The first kappa shape index (κ1) is 11.6. The molecule has 1 aromatic heterocycles. The maximum atomic E-state index is 5.99. The van der Waals surface area contributed by atoms with Crippen molar-refractivity contribution in [3.8, 4) is 5.75 Å². The number of aromatic nitrogens is 2. The van der Waals surface area contributed by atoms with Crippen molar-refractivity contribution in [3.05, 3.63) is 27.1 Å². The summed E-state index contributed by atoms with van der Waals surface area (Å²) in [6.07, 6.45) is 0. The number of halogens is 2. The summed E-state index contributed by atoms with van der Waals surface area (Å²) in [6, 6.07) is 5.43. The van der Waals surface area contributed by atoms with Crippen molar-refractivity contribution < 1.29 is 4.74 Å². The van der Waals surface area contributed by atoms with E-state index in [9.17, 15) is 0 Å². The van der Waals surface area contributed by atoms with Gasteiger partial charge in [0, 0.05) is 5.69 Å². The molecular formula is C9H7BrClN3OS. The van der Waals surface area contributed by atoms with Crippen molar-refractivity contribution in [2.45, 2.75) is 0 Å². The summed E-state index contributed by atoms with van der Waals surface area (Å²) in [7, 11) is 1.58. The summed E-state index contributed by atoms with van der Waals surface area (Å²) in [5.41, 5.74) is 0.842. The number of methoxy groups -OCH3 is 1. The molecule has 0 spiro atoms. The molecule has 84 valence electrons. The third-order valence-corrected chi connectivity index (χ3v) is 3.37. The molecule has 0 atom stereocenters. The Morgan fingerprint density at radius 2 is 2.25 bits per heavy atom. The van der Waals surface area contributed by atoms with Crippen LogP contribution in [0.4, 0.5) is 10.8 Å². The molecule has 0 fully saturated rings. The minimum atomic E-state index is 0.552. The van der Waals surface area contributed by atoms with E-state index in [0.29, 0.717) is 15.9 Å². The number of rotatable bonds is 3. The molecule has 0 saturated heterocycles. The SMILES string of the molecule is COc1ccc(Nc2nnc(Br)s2)cc1Cl. The van der Waals surface area contributed by atoms with Crippen molar-refractivity contribution in [2.75, 3.05) is 12.4 Å². The molecule has 2 aromatic rings. The van der Waals surface area contributed by atoms with Crippen LogP contribution in [0.5, 0.6) is 5.75 Å². The van der Waals surface area contributed by atoms with Crippen LogP contribution in [-0.2, 0) is 0 Å². The zero-order valence-electron chi connectivity index (χ0n) is 8.20. The first-order valence-electron chi connectivity index (χ1n) is 4.28. The third kappa shape index (κ3) is 2.63. The Bertz CT molecular complexity index is 505. The largest absolute Gasteiger partial charge is 0.495 e. The van der Waals surface area contributed by atoms with Gasteiger partial charge in [-0.15, -0.1) is 10.2 Å². The van der Waals surface area contributed by atoms with Gasteiger partial charge in [0.1, 0.15) is 5.75 Å². The first-order valence-corrected chi connectivity index (χ1v) is 6.27. The summed E-state index contributed by atoms with van der Waals surface area (Å²) in [5, 5.41) is 12.1. The lowest BCUT2D eigenvalue weighted by molar-refractivity contribution is 0.415. The van der Waals surface area contributed by atoms with Gasteiger partial charge in [0.25, 0.3) is 0 Å². The number of nitrogens with one attached hydrogen (secondary N) is 1. The second kappa shape index (κ2) is 4.99. The molecule has 0 aliphatic rings. The monoisotopic (exact) mass is 319 g/mol. The van der Waals surface area contributed by atoms with Crippen molar-refractivity contribution >= 4 is 49.7 Å². The fraction of sp³-hybridized carbons (Fsp3) is 0.111. The molecule has 0 unspecified atom stereocenters. The molecule has 0 aliphatic carbocycles. The quantitative estimate of drug-likeness (QED) is 0.936. The van der Waals surface area contributed by atoms with Crippen molar-refractivity contribution in [1.29, 1.82) is 0 Å². The lowest BCUT2D eigenvalue weighted by Crippen LogP contribution is -1.90. The molecule has 0 bridgehead atoms. The van der Waals surface area contributed by atoms with Crippen LogP contribution in [0.25, 0.3) is 0 Å². The highest BCUT2D eigenvalue weighted by Crippen LogP contribution is 2.30. The standard InChI is InChI=1S/C9H7BrClN3OS/c1-15-7-3-2-5(4-6(7)11)12-9-14-13-8(10)16-9/h2-4H,1H3,(H,12,14). The minimum Gasteiger partial charge on any atom is -0.495 e. The first-order chi connectivity index (χ1) is 7.69. The van der Waals surface area contributed by atoms with Gasteiger partial charge in [0.05, 0.1) is 12.1 Å². The molecule has 16 heavy (non-hydrogen) atoms. The summed E-state index contributed by atoms with van der Waals surface area (Å²) >= 11 is 10.6. The van der Waals surface area contributed by atoms with Gasteiger partial charge < -0.3 is 10.1 Å². The number of ether oxygens (including phenoxy) is 1. The maximum absolute atomic E-state index is 5.99. The van der Waals surface area contributed by atoms with E-state index < -0.39 is 0 Å². The van der Waals surface area contributed by atoms with Crippen LogP contribution in [0.1, 0.15) is 0 Å². The number of benzene rings is 1. The molecule has 4 nitrogen and oxygen atoms in total. The van der Waals surface area contributed by atoms with Gasteiger partial charge in [0.2, 0.25) is 5.13 Å². The summed E-state index contributed by atoms with van der Waals surface area (Å²) in [4.78, 5) is 0. The average molecular weight is 321 g/mol. The highest BCUT2D eigenvalue weighted by Gasteiger charge is 2.04. The van der Waals surface area contributed by atoms with E-state index in [1.54, 1.807) is 19.2 Å². The highest BCUT2D eigenvalue weighted by atomic mass is 79.9. The molecule has 0 aliphatic heterocycles. The van der Waals surface area contributed by atoms with E-state index in [1.807, 2.05) is 6.07 Å². The Hall–Kier alpha value is -0.850. The Morgan fingerprint density at radius 1 is 1.44 bits per heavy atom. The Labute approximate surface area is 110 Å². The predicted molar refractivity (Wildman–Crippen MR) is 68.9 cm³/mol. The van der Waals surface area contributed by atoms with E-state index in [4.69, 9.17) is 16.3 Å². The Balaban J connectivity index is 2.19. The van der Waals surface area contributed by atoms with Crippen LogP contribution in [0.2, 0.25) is 5.02 Å². The number of hydrogen-bond donors (Lipinski definition) is 1. The molecule has 2 rings (SSSR count). The van der Waals surface area contributed by atoms with Crippen molar-refractivity contribution in [2.24, 2.45) is 0 Å². The van der Waals surface area contributed by atoms with Crippen LogP contribution in [0, 0.1) is 0 Å². The van der Waals surface area contributed by atoms with E-state index >= 15 is 0 Å². The Kier molecular flexibility index (Phi) is 3.63. The summed E-state index contributed by atoms with van der Waals surface area (Å²) < 4.78 is 5.79. The molecule has 0 radical (unpaired) electrons. The molecule has 0 saturated carbocycles. The molecule has 1 aromatic carbocycles. The van der Waals surface area contributed by atoms with Crippen molar-refractivity contribution in [1.82, 2.24) is 10.2 Å². The van der Waals surface area contributed by atoms with Crippen LogP contribution >= 0.6 is 38.9 Å². The number of nitrogens with zero attached hydrogens (tertiary/aromatic N) is 2. The second-order valence-electron chi connectivity index (χ2n) is 2.83. The fourth-order valence-electron chi connectivity index (χ4n) is 1.12. The topological polar surface area (TPSA) is 47.0 Å². The second-order valence-corrected chi connectivity index (χ2v) is 5.50. The van der Waals surface area contributed by atoms with Crippen LogP contribution in [0.3, 0.4) is 0 Å². The van der Waals surface area contributed by atoms with E-state index in [2.05, 4.69) is 31.4 Å². The summed E-state index contributed by atoms with van der Waals surface area (Å²) in [5.74, 6) is 0.644. The van der Waals surface area contributed by atoms with Gasteiger partial charge in [0.15, 0.2) is 3.92 Å². The normalized spacial score (nSPS) is 10.2. The van der Waals surface area contributed by atoms with E-state index in [1.165, 1.54) is 11.3 Å². The van der Waals surface area contributed by atoms with E-state index in [-0.39, 0.29) is 0 Å². The maximum Gasteiger partial charge on any atom is 0.210 e. The predicted octanol–water partition coefficient (Wildman–Crippen LogP) is 3.71. The lowest BCUT2D eigenvalue weighted by atomic mass is 10.3. The average Bonchev–Trinajstić information content (AvgIpc) is 2.64. The Morgan fingerprint density at radius 3 is 2.81 bits per heavy atom. The molecule has 0 amide bonds. The molecule has 7 heteroatoms. The smallest absolute Gasteiger partial charge is 0.210 e. The lowest BCUT2D eigenvalue weighted by Gasteiger charge is -2.05. The van der Waals surface area contributed by atoms with Gasteiger partial charge in [-0.25, -0.2) is 0 Å². The van der Waals surface area contributed by atoms with Gasteiger partial charge in [-0.3, -0.25) is 0 Å².